The maximum absolute atomic E-state index is 13.3. The van der Waals surface area contributed by atoms with Gasteiger partial charge in [-0.3, -0.25) is 9.79 Å². The molecule has 1 unspecified atom stereocenters. The molecule has 0 aliphatic rings. The van der Waals surface area contributed by atoms with Crippen molar-refractivity contribution < 1.29 is 18.0 Å². The molecule has 2 rings (SSSR count). The highest BCUT2D eigenvalue weighted by molar-refractivity contribution is 5.89. The molecule has 8 heteroatoms. The summed E-state index contributed by atoms with van der Waals surface area (Å²) in [4.78, 5) is 15.0. The molecule has 0 bridgehead atoms. The number of carbonyl (C=O) groups is 1. The van der Waals surface area contributed by atoms with E-state index < -0.39 is 17.5 Å². The summed E-state index contributed by atoms with van der Waals surface area (Å²) >= 11 is 0. The molecule has 1 heterocycles. The number of aliphatic imine (C=N–C) groups is 1. The lowest BCUT2D eigenvalue weighted by atomic mass is 10.1. The topological polar surface area (TPSA) is 92.6 Å². The van der Waals surface area contributed by atoms with Crippen LogP contribution in [0.4, 0.5) is 8.78 Å². The molecule has 0 saturated carbocycles. The van der Waals surface area contributed by atoms with E-state index in [1.165, 1.54) is 12.1 Å². The van der Waals surface area contributed by atoms with Crippen LogP contribution in [0.5, 0.6) is 0 Å². The first-order valence-electron chi connectivity index (χ1n) is 7.21. The number of primary amides is 1. The summed E-state index contributed by atoms with van der Waals surface area (Å²) < 4.78 is 31.5. The van der Waals surface area contributed by atoms with Crippen molar-refractivity contribution in [1.82, 2.24) is 10.6 Å². The zero-order valence-corrected chi connectivity index (χ0v) is 13.3. The largest absolute Gasteiger partial charge is 0.454 e. The van der Waals surface area contributed by atoms with Gasteiger partial charge in [0.15, 0.2) is 23.4 Å². The smallest absolute Gasteiger partial charge is 0.284 e. The Morgan fingerprint density at radius 3 is 2.62 bits per heavy atom. The molecule has 6 nitrogen and oxygen atoms in total. The summed E-state index contributed by atoms with van der Waals surface area (Å²) in [6.45, 7) is 2.06. The van der Waals surface area contributed by atoms with Gasteiger partial charge >= 0.3 is 0 Å². The van der Waals surface area contributed by atoms with Crippen LogP contribution in [0.25, 0.3) is 0 Å². The summed E-state index contributed by atoms with van der Waals surface area (Å²) in [5, 5.41) is 6.04. The summed E-state index contributed by atoms with van der Waals surface area (Å²) in [5.74, 6) is -1.42. The highest BCUT2D eigenvalue weighted by Crippen LogP contribution is 2.15. The Morgan fingerprint density at radius 2 is 2.04 bits per heavy atom. The lowest BCUT2D eigenvalue weighted by Crippen LogP contribution is -2.38. The van der Waals surface area contributed by atoms with Gasteiger partial charge in [0.05, 0.1) is 12.6 Å². The van der Waals surface area contributed by atoms with Gasteiger partial charge in [0, 0.05) is 7.05 Å². The second kappa shape index (κ2) is 7.58. The van der Waals surface area contributed by atoms with E-state index in [2.05, 4.69) is 15.6 Å². The van der Waals surface area contributed by atoms with Crippen LogP contribution in [0.1, 0.15) is 34.8 Å². The van der Waals surface area contributed by atoms with Crippen LogP contribution in [-0.2, 0) is 6.54 Å². The van der Waals surface area contributed by atoms with Crippen molar-refractivity contribution in [2.45, 2.75) is 19.5 Å². The monoisotopic (exact) mass is 336 g/mol. The van der Waals surface area contributed by atoms with E-state index in [-0.39, 0.29) is 18.3 Å². The minimum absolute atomic E-state index is 0.0740. The normalized spacial score (nSPS) is 12.8. The third kappa shape index (κ3) is 4.31. The Balaban J connectivity index is 1.95. The molecule has 0 saturated heterocycles. The Labute approximate surface area is 137 Å². The van der Waals surface area contributed by atoms with Gasteiger partial charge in [-0.25, -0.2) is 8.78 Å². The number of nitrogens with one attached hydrogen (secondary N) is 2. The fraction of sp³-hybridized carbons (Fsp3) is 0.250. The van der Waals surface area contributed by atoms with Crippen LogP contribution in [0, 0.1) is 11.6 Å². The van der Waals surface area contributed by atoms with E-state index in [4.69, 9.17) is 10.2 Å². The number of carbonyl (C=O) groups excluding carboxylic acids is 1. The average molecular weight is 336 g/mol. The van der Waals surface area contributed by atoms with Gasteiger partial charge in [-0.15, -0.1) is 0 Å². The first-order valence-corrected chi connectivity index (χ1v) is 7.21. The van der Waals surface area contributed by atoms with Crippen LogP contribution in [0.3, 0.4) is 0 Å². The van der Waals surface area contributed by atoms with Crippen molar-refractivity contribution in [3.8, 4) is 0 Å². The molecule has 0 spiro atoms. The quantitative estimate of drug-likeness (QED) is 0.576. The van der Waals surface area contributed by atoms with E-state index in [1.54, 1.807) is 20.0 Å². The van der Waals surface area contributed by atoms with E-state index in [0.29, 0.717) is 17.3 Å². The molecule has 0 aliphatic carbocycles. The minimum Gasteiger partial charge on any atom is -0.454 e. The average Bonchev–Trinajstić information content (AvgIpc) is 3.03. The van der Waals surface area contributed by atoms with Gasteiger partial charge in [0.2, 0.25) is 0 Å². The molecular formula is C16H18F2N4O2. The summed E-state index contributed by atoms with van der Waals surface area (Å²) in [6, 6.07) is 6.51. The van der Waals surface area contributed by atoms with E-state index >= 15 is 0 Å². The van der Waals surface area contributed by atoms with Crippen molar-refractivity contribution in [3.05, 3.63) is 59.1 Å². The number of hydrogen-bond donors (Lipinski definition) is 3. The standard InChI is InChI=1S/C16H18F2N4O2/c1-9(10-3-5-12(17)13(18)7-10)22-16(20-2)21-8-11-4-6-14(24-11)15(19)23/h3-7,9H,8H2,1-2H3,(H2,19,23)(H2,20,21,22). The first-order chi connectivity index (χ1) is 11.4. The number of guanidine groups is 1. The molecule has 128 valence electrons. The van der Waals surface area contributed by atoms with Gasteiger partial charge < -0.3 is 20.8 Å². The molecule has 0 fully saturated rings. The van der Waals surface area contributed by atoms with Crippen molar-refractivity contribution in [3.63, 3.8) is 0 Å². The predicted molar refractivity (Wildman–Crippen MR) is 85.3 cm³/mol. The number of halogens is 2. The van der Waals surface area contributed by atoms with E-state index in [0.717, 1.165) is 12.1 Å². The fourth-order valence-electron chi connectivity index (χ4n) is 2.04. The predicted octanol–water partition coefficient (Wildman–Crippen LogP) is 2.08. The Hall–Kier alpha value is -2.90. The molecular weight excluding hydrogens is 318 g/mol. The van der Waals surface area contributed by atoms with Crippen molar-refractivity contribution in [1.29, 1.82) is 0 Å². The van der Waals surface area contributed by atoms with Gasteiger partial charge in [-0.1, -0.05) is 6.07 Å². The fourth-order valence-corrected chi connectivity index (χ4v) is 2.04. The van der Waals surface area contributed by atoms with Gasteiger partial charge in [-0.2, -0.15) is 0 Å². The first kappa shape index (κ1) is 17.5. The van der Waals surface area contributed by atoms with Gasteiger partial charge in [0.25, 0.3) is 5.91 Å². The van der Waals surface area contributed by atoms with Crippen molar-refractivity contribution in [2.75, 3.05) is 7.05 Å². The molecule has 0 radical (unpaired) electrons. The van der Waals surface area contributed by atoms with Crippen molar-refractivity contribution in [2.24, 2.45) is 10.7 Å². The number of furan rings is 1. The Morgan fingerprint density at radius 1 is 1.29 bits per heavy atom. The molecule has 24 heavy (non-hydrogen) atoms. The van der Waals surface area contributed by atoms with Gasteiger partial charge in [-0.05, 0) is 36.8 Å². The van der Waals surface area contributed by atoms with Crippen LogP contribution in [0.15, 0.2) is 39.7 Å². The minimum atomic E-state index is -0.904. The molecule has 1 aromatic carbocycles. The number of nitrogens with zero attached hydrogens (tertiary/aromatic N) is 1. The van der Waals surface area contributed by atoms with E-state index in [9.17, 15) is 13.6 Å². The maximum Gasteiger partial charge on any atom is 0.284 e. The molecule has 1 aromatic heterocycles. The van der Waals surface area contributed by atoms with Crippen LogP contribution >= 0.6 is 0 Å². The SMILES string of the molecule is CN=C(NCc1ccc(C(N)=O)o1)NC(C)c1ccc(F)c(F)c1. The Bertz CT molecular complexity index is 758. The third-order valence-electron chi connectivity index (χ3n) is 3.36. The lowest BCUT2D eigenvalue weighted by molar-refractivity contribution is 0.0972. The molecule has 4 N–H and O–H groups in total. The number of benzene rings is 1. The van der Waals surface area contributed by atoms with Crippen LogP contribution < -0.4 is 16.4 Å². The molecule has 1 amide bonds. The highest BCUT2D eigenvalue weighted by Gasteiger charge is 2.12. The molecule has 0 aliphatic heterocycles. The second-order valence-electron chi connectivity index (χ2n) is 5.10. The summed E-state index contributed by atoms with van der Waals surface area (Å²) in [5.41, 5.74) is 5.69. The van der Waals surface area contributed by atoms with E-state index in [1.807, 2.05) is 0 Å². The lowest BCUT2D eigenvalue weighted by Gasteiger charge is -2.18. The zero-order valence-electron chi connectivity index (χ0n) is 13.3. The zero-order chi connectivity index (χ0) is 17.7. The van der Waals surface area contributed by atoms with Gasteiger partial charge in [0.1, 0.15) is 5.76 Å². The molecule has 1 atom stereocenters. The highest BCUT2D eigenvalue weighted by atomic mass is 19.2. The van der Waals surface area contributed by atoms with Crippen LogP contribution in [-0.4, -0.2) is 18.9 Å². The van der Waals surface area contributed by atoms with Crippen LogP contribution in [0.2, 0.25) is 0 Å². The third-order valence-corrected chi connectivity index (χ3v) is 3.36. The number of amides is 1. The number of hydrogen-bond acceptors (Lipinski definition) is 3. The second-order valence-corrected chi connectivity index (χ2v) is 5.10. The maximum atomic E-state index is 13.3. The Kier molecular flexibility index (Phi) is 5.51. The summed E-state index contributed by atoms with van der Waals surface area (Å²) in [6.07, 6.45) is 0. The van der Waals surface area contributed by atoms with Crippen molar-refractivity contribution >= 4 is 11.9 Å². The number of rotatable bonds is 5. The number of nitrogens with two attached hydrogens (primary N) is 1. The molecule has 2 aromatic rings. The summed E-state index contributed by atoms with van der Waals surface area (Å²) in [7, 11) is 1.57.